The molecule has 0 radical (unpaired) electrons. The molecule has 1 aromatic heterocycles. The van der Waals surface area contributed by atoms with E-state index < -0.39 is 5.54 Å². The van der Waals surface area contributed by atoms with E-state index in [9.17, 15) is 15.0 Å². The highest BCUT2D eigenvalue weighted by molar-refractivity contribution is 5.95. The van der Waals surface area contributed by atoms with Crippen LogP contribution in [0.25, 0.3) is 5.69 Å². The van der Waals surface area contributed by atoms with E-state index in [-0.39, 0.29) is 19.1 Å². The normalized spacial score (nSPS) is 11.4. The summed E-state index contributed by atoms with van der Waals surface area (Å²) < 4.78 is 1.90. The molecule has 1 heterocycles. The van der Waals surface area contributed by atoms with Crippen molar-refractivity contribution in [3.8, 4) is 5.69 Å². The first-order valence-electron chi connectivity index (χ1n) is 6.92. The molecule has 0 aliphatic heterocycles. The summed E-state index contributed by atoms with van der Waals surface area (Å²) in [6, 6.07) is 11.0. The van der Waals surface area contributed by atoms with Gasteiger partial charge in [0.15, 0.2) is 0 Å². The first-order valence-corrected chi connectivity index (χ1v) is 6.92. The third-order valence-corrected chi connectivity index (χ3v) is 3.67. The molecule has 0 unspecified atom stereocenters. The predicted molar refractivity (Wildman–Crippen MR) is 80.4 cm³/mol. The molecule has 3 N–H and O–H groups in total. The summed E-state index contributed by atoms with van der Waals surface area (Å²) in [6.45, 7) is 1.20. The second kappa shape index (κ2) is 6.56. The molecule has 2 rings (SSSR count). The Labute approximate surface area is 123 Å². The maximum Gasteiger partial charge on any atom is 0.251 e. The van der Waals surface area contributed by atoms with Crippen molar-refractivity contribution < 1.29 is 15.0 Å². The predicted octanol–water partition coefficient (Wildman–Crippen LogP) is 1.34. The first-order chi connectivity index (χ1) is 10.1. The summed E-state index contributed by atoms with van der Waals surface area (Å²) >= 11 is 0. The zero-order chi connectivity index (χ0) is 15.3. The van der Waals surface area contributed by atoms with Crippen LogP contribution >= 0.6 is 0 Å². The van der Waals surface area contributed by atoms with E-state index in [1.54, 1.807) is 18.2 Å². The maximum atomic E-state index is 12.3. The van der Waals surface area contributed by atoms with Gasteiger partial charge < -0.3 is 20.1 Å². The van der Waals surface area contributed by atoms with Crippen molar-refractivity contribution >= 4 is 5.91 Å². The van der Waals surface area contributed by atoms with Crippen molar-refractivity contribution in [1.29, 1.82) is 0 Å². The zero-order valence-electron chi connectivity index (χ0n) is 12.0. The van der Waals surface area contributed by atoms with Crippen molar-refractivity contribution in [3.63, 3.8) is 0 Å². The molecule has 0 saturated heterocycles. The Morgan fingerprint density at radius 2 is 1.86 bits per heavy atom. The fourth-order valence-electron chi connectivity index (χ4n) is 2.07. The number of aromatic nitrogens is 1. The van der Waals surface area contributed by atoms with Crippen molar-refractivity contribution in [2.24, 2.45) is 0 Å². The fraction of sp³-hybridized carbons (Fsp3) is 0.312. The molecule has 0 aliphatic rings. The van der Waals surface area contributed by atoms with Crippen LogP contribution in [0.3, 0.4) is 0 Å². The Bertz CT molecular complexity index is 581. The van der Waals surface area contributed by atoms with E-state index in [0.29, 0.717) is 12.0 Å². The number of carbonyl (C=O) groups excluding carboxylic acids is 1. The van der Waals surface area contributed by atoms with Gasteiger partial charge in [0.25, 0.3) is 5.91 Å². The SMILES string of the molecule is CCC(CO)(CO)NC(=O)c1cccc(-n2cccc2)c1. The molecule has 5 nitrogen and oxygen atoms in total. The van der Waals surface area contributed by atoms with Crippen molar-refractivity contribution in [3.05, 3.63) is 54.4 Å². The van der Waals surface area contributed by atoms with Crippen LogP contribution in [0.2, 0.25) is 0 Å². The summed E-state index contributed by atoms with van der Waals surface area (Å²) in [5.41, 5.74) is 0.379. The van der Waals surface area contributed by atoms with Crippen LogP contribution in [0.5, 0.6) is 0 Å². The number of benzene rings is 1. The lowest BCUT2D eigenvalue weighted by Gasteiger charge is -2.29. The van der Waals surface area contributed by atoms with E-state index in [1.165, 1.54) is 0 Å². The quantitative estimate of drug-likeness (QED) is 0.751. The van der Waals surface area contributed by atoms with E-state index in [1.807, 2.05) is 42.1 Å². The number of rotatable bonds is 6. The Balaban J connectivity index is 2.22. The van der Waals surface area contributed by atoms with Crippen LogP contribution in [0.15, 0.2) is 48.8 Å². The van der Waals surface area contributed by atoms with Crippen LogP contribution in [0.1, 0.15) is 23.7 Å². The molecule has 2 aromatic rings. The van der Waals surface area contributed by atoms with Gasteiger partial charge in [0.1, 0.15) is 0 Å². The molecule has 1 aromatic carbocycles. The number of hydrogen-bond acceptors (Lipinski definition) is 3. The number of hydrogen-bond donors (Lipinski definition) is 3. The largest absolute Gasteiger partial charge is 0.394 e. The van der Waals surface area contributed by atoms with Crippen LogP contribution in [-0.4, -0.2) is 39.4 Å². The smallest absolute Gasteiger partial charge is 0.251 e. The molecule has 0 aliphatic carbocycles. The molecular formula is C16H20N2O3. The van der Waals surface area contributed by atoms with Gasteiger partial charge in [0, 0.05) is 23.6 Å². The molecule has 0 fully saturated rings. The van der Waals surface area contributed by atoms with Crippen LogP contribution in [0, 0.1) is 0 Å². The number of nitrogens with one attached hydrogen (secondary N) is 1. The van der Waals surface area contributed by atoms with Gasteiger partial charge in [-0.05, 0) is 36.8 Å². The molecule has 112 valence electrons. The minimum Gasteiger partial charge on any atom is -0.394 e. The topological polar surface area (TPSA) is 74.5 Å². The van der Waals surface area contributed by atoms with Gasteiger partial charge in [-0.2, -0.15) is 0 Å². The highest BCUT2D eigenvalue weighted by Gasteiger charge is 2.28. The maximum absolute atomic E-state index is 12.3. The van der Waals surface area contributed by atoms with Crippen molar-refractivity contribution in [2.45, 2.75) is 18.9 Å². The Kier molecular flexibility index (Phi) is 4.77. The van der Waals surface area contributed by atoms with Crippen LogP contribution < -0.4 is 5.32 Å². The first kappa shape index (κ1) is 15.3. The average Bonchev–Trinajstić information content (AvgIpc) is 3.07. The molecule has 0 saturated carbocycles. The summed E-state index contributed by atoms with van der Waals surface area (Å²) in [4.78, 5) is 12.3. The van der Waals surface area contributed by atoms with Gasteiger partial charge in [-0.1, -0.05) is 13.0 Å². The third kappa shape index (κ3) is 3.32. The van der Waals surface area contributed by atoms with Gasteiger partial charge in [-0.25, -0.2) is 0 Å². The number of amides is 1. The lowest BCUT2D eigenvalue weighted by atomic mass is 9.97. The fourth-order valence-corrected chi connectivity index (χ4v) is 2.07. The Hall–Kier alpha value is -2.11. The lowest BCUT2D eigenvalue weighted by molar-refractivity contribution is 0.0653. The van der Waals surface area contributed by atoms with E-state index in [2.05, 4.69) is 5.32 Å². The minimum atomic E-state index is -0.986. The molecule has 5 heteroatoms. The molecule has 0 bridgehead atoms. The number of aliphatic hydroxyl groups excluding tert-OH is 2. The Morgan fingerprint density at radius 3 is 2.43 bits per heavy atom. The van der Waals surface area contributed by atoms with Gasteiger partial charge >= 0.3 is 0 Å². The molecular weight excluding hydrogens is 268 g/mol. The second-order valence-electron chi connectivity index (χ2n) is 5.04. The summed E-state index contributed by atoms with van der Waals surface area (Å²) in [7, 11) is 0. The van der Waals surface area contributed by atoms with Gasteiger partial charge in [-0.15, -0.1) is 0 Å². The van der Waals surface area contributed by atoms with E-state index in [0.717, 1.165) is 5.69 Å². The summed E-state index contributed by atoms with van der Waals surface area (Å²) in [6.07, 6.45) is 4.24. The van der Waals surface area contributed by atoms with E-state index in [4.69, 9.17) is 0 Å². The van der Waals surface area contributed by atoms with Crippen LogP contribution in [-0.2, 0) is 0 Å². The van der Waals surface area contributed by atoms with Crippen molar-refractivity contribution in [1.82, 2.24) is 9.88 Å². The summed E-state index contributed by atoms with van der Waals surface area (Å²) in [5, 5.41) is 21.5. The molecule has 0 atom stereocenters. The standard InChI is InChI=1S/C16H20N2O3/c1-2-16(11-19,12-20)17-15(21)13-6-5-7-14(10-13)18-8-3-4-9-18/h3-10,19-20H,2,11-12H2,1H3,(H,17,21). The third-order valence-electron chi connectivity index (χ3n) is 3.67. The molecule has 0 spiro atoms. The molecule has 1 amide bonds. The molecule has 21 heavy (non-hydrogen) atoms. The highest BCUT2D eigenvalue weighted by Crippen LogP contribution is 2.14. The van der Waals surface area contributed by atoms with Gasteiger partial charge in [0.2, 0.25) is 0 Å². The zero-order valence-corrected chi connectivity index (χ0v) is 12.0. The minimum absolute atomic E-state index is 0.303. The van der Waals surface area contributed by atoms with Gasteiger partial charge in [-0.3, -0.25) is 4.79 Å². The second-order valence-corrected chi connectivity index (χ2v) is 5.04. The number of carbonyl (C=O) groups is 1. The number of nitrogens with zero attached hydrogens (tertiary/aromatic N) is 1. The highest BCUT2D eigenvalue weighted by atomic mass is 16.3. The monoisotopic (exact) mass is 288 g/mol. The number of aliphatic hydroxyl groups is 2. The van der Waals surface area contributed by atoms with E-state index >= 15 is 0 Å². The van der Waals surface area contributed by atoms with Crippen LogP contribution in [0.4, 0.5) is 0 Å². The Morgan fingerprint density at radius 1 is 1.19 bits per heavy atom. The lowest BCUT2D eigenvalue weighted by Crippen LogP contribution is -2.53. The average molecular weight is 288 g/mol. The van der Waals surface area contributed by atoms with Gasteiger partial charge in [0.05, 0.1) is 18.8 Å². The van der Waals surface area contributed by atoms with Crippen molar-refractivity contribution in [2.75, 3.05) is 13.2 Å². The summed E-state index contributed by atoms with van der Waals surface area (Å²) in [5.74, 6) is -0.311.